The lowest BCUT2D eigenvalue weighted by Gasteiger charge is -2.54. The number of likely N-dealkylation sites (tertiary alicyclic amines) is 1. The molecule has 83 heavy (non-hydrogen) atoms. The first-order valence-corrected chi connectivity index (χ1v) is 29.7. The summed E-state index contributed by atoms with van der Waals surface area (Å²) in [6, 6.07) is 15.1. The van der Waals surface area contributed by atoms with E-state index in [1.807, 2.05) is 48.8 Å². The molecule has 17 nitrogen and oxygen atoms in total. The average molecular weight is 1130 g/mol. The highest BCUT2D eigenvalue weighted by Gasteiger charge is 2.50. The third-order valence-electron chi connectivity index (χ3n) is 19.1. The monoisotopic (exact) mass is 1130 g/mol. The minimum Gasteiger partial charge on any atom is -0.468 e. The largest absolute Gasteiger partial charge is 0.468 e. The predicted octanol–water partition coefficient (Wildman–Crippen LogP) is 8.51. The molecule has 2 aliphatic carbocycles. The van der Waals surface area contributed by atoms with Gasteiger partial charge in [0.25, 0.3) is 5.91 Å². The number of nitrogens with one attached hydrogen (secondary N) is 1. The fourth-order valence-corrected chi connectivity index (χ4v) is 14.7. The van der Waals surface area contributed by atoms with E-state index in [1.165, 1.54) is 38.9 Å². The molecule has 8 aliphatic rings. The third kappa shape index (κ3) is 10.7. The Kier molecular flexibility index (Phi) is 14.3. The van der Waals surface area contributed by atoms with Crippen LogP contribution in [0.25, 0.3) is 32.8 Å². The van der Waals surface area contributed by atoms with Crippen molar-refractivity contribution in [2.45, 2.75) is 115 Å². The second-order valence-electron chi connectivity index (χ2n) is 25.9. The van der Waals surface area contributed by atoms with Crippen molar-refractivity contribution in [1.29, 1.82) is 0 Å². The third-order valence-corrected chi connectivity index (χ3v) is 19.1. The number of aromatic nitrogens is 2. The number of ether oxygens (including phenoxy) is 4. The second-order valence-corrected chi connectivity index (χ2v) is 25.9. The van der Waals surface area contributed by atoms with Crippen LogP contribution >= 0.6 is 0 Å². The molecule has 5 aromatic rings. The molecule has 2 saturated carbocycles. The van der Waals surface area contributed by atoms with Gasteiger partial charge in [-0.15, -0.1) is 6.42 Å². The zero-order valence-electron chi connectivity index (χ0n) is 47.9. The van der Waals surface area contributed by atoms with Crippen molar-refractivity contribution in [3.63, 3.8) is 0 Å². The maximum absolute atomic E-state index is 17.8. The fraction of sp³-hybridized carbons (Fsp3) is 0.531. The Hall–Kier alpha value is -7.14. The van der Waals surface area contributed by atoms with Crippen molar-refractivity contribution in [2.75, 3.05) is 95.8 Å². The molecule has 0 radical (unpaired) electrons. The first kappa shape index (κ1) is 55.1. The maximum Gasteiger partial charge on any atom is 0.410 e. The Morgan fingerprint density at radius 1 is 0.855 bits per heavy atom. The summed E-state index contributed by atoms with van der Waals surface area (Å²) in [5.41, 5.74) is 2.61. The molecule has 7 heterocycles. The minimum absolute atomic E-state index is 0.0176. The Balaban J connectivity index is 0.661. The van der Waals surface area contributed by atoms with Crippen molar-refractivity contribution in [2.24, 2.45) is 16.7 Å². The molecule has 4 amide bonds. The van der Waals surface area contributed by atoms with Gasteiger partial charge in [0.1, 0.15) is 34.5 Å². The van der Waals surface area contributed by atoms with Crippen LogP contribution in [0.1, 0.15) is 106 Å². The maximum atomic E-state index is 17.8. The molecule has 19 heteroatoms. The van der Waals surface area contributed by atoms with E-state index in [0.717, 1.165) is 89.3 Å². The highest BCUT2D eigenvalue weighted by molar-refractivity contribution is 6.06. The minimum atomic E-state index is -0.875. The predicted molar refractivity (Wildman–Crippen MR) is 309 cm³/mol. The standard InChI is InChI=1S/C64H73F2N9O8/c1-6-40-8-7-9-41-27-46(82-38-80-5)28-48(53(40)41)54-50(65)29-49-56(55(54)66)68-60(69-57(49)73-34-44-10-11-45(35-73)75(44)61(79)83-62(2,3)4)81-37-64(16-17-64)36-71-20-18-63(19-21-71)30-39(31-63)32-70-22-24-72(25-23-70)43-12-13-47-42(26-43)33-74(59(47)78)51-14-15-52(76)67-58(51)77/h1,7-9,12-13,26-29,39,44-45,51H,10-11,14-25,30-38H2,2-5H3,(H,67,76,77)/t44?,45?,51-/m0/s1. The number of carbonyl (C=O) groups excluding carboxylic acids is 4. The number of benzene rings is 4. The van der Waals surface area contributed by atoms with Gasteiger partial charge in [-0.25, -0.2) is 13.6 Å². The number of carbonyl (C=O) groups is 4. The summed E-state index contributed by atoms with van der Waals surface area (Å²) < 4.78 is 58.3. The first-order chi connectivity index (χ1) is 39.9. The van der Waals surface area contributed by atoms with E-state index < -0.39 is 29.2 Å². The van der Waals surface area contributed by atoms with Crippen molar-refractivity contribution in [1.82, 2.24) is 34.9 Å². The zero-order chi connectivity index (χ0) is 57.5. The number of rotatable bonds is 14. The Morgan fingerprint density at radius 3 is 2.31 bits per heavy atom. The normalized spacial score (nSPS) is 23.4. The molecule has 1 aromatic heterocycles. The van der Waals surface area contributed by atoms with E-state index in [2.05, 4.69) is 32.0 Å². The topological polar surface area (TPSA) is 162 Å². The number of imide groups is 1. The Morgan fingerprint density at radius 2 is 1.61 bits per heavy atom. The average Bonchev–Trinajstić information content (AvgIpc) is 4.15. The van der Waals surface area contributed by atoms with Crippen LogP contribution in [0.5, 0.6) is 11.8 Å². The van der Waals surface area contributed by atoms with E-state index >= 15 is 8.78 Å². The van der Waals surface area contributed by atoms with Gasteiger partial charge in [0.2, 0.25) is 11.8 Å². The number of nitrogens with zero attached hydrogens (tertiary/aromatic N) is 8. The van der Waals surface area contributed by atoms with E-state index in [-0.39, 0.29) is 76.7 Å². The molecule has 3 atom stereocenters. The van der Waals surface area contributed by atoms with Crippen LogP contribution in [0.2, 0.25) is 0 Å². The van der Waals surface area contributed by atoms with Crippen LogP contribution in [0, 0.1) is 40.7 Å². The second kappa shape index (κ2) is 21.5. The van der Waals surface area contributed by atoms with Crippen LogP contribution in [-0.2, 0) is 25.6 Å². The lowest BCUT2D eigenvalue weighted by Crippen LogP contribution is -2.57. The quantitative estimate of drug-likeness (QED) is 0.0640. The van der Waals surface area contributed by atoms with E-state index in [9.17, 15) is 19.2 Å². The molecule has 7 fully saturated rings. The molecule has 1 N–H and O–H groups in total. The number of anilines is 2. The summed E-state index contributed by atoms with van der Waals surface area (Å²) in [6.07, 6.45) is 14.6. The van der Waals surface area contributed by atoms with Crippen LogP contribution in [0.15, 0.2) is 54.6 Å². The van der Waals surface area contributed by atoms with E-state index in [4.69, 9.17) is 35.3 Å². The van der Waals surface area contributed by atoms with Crippen LogP contribution in [0.4, 0.5) is 25.1 Å². The molecule has 4 aromatic carbocycles. The number of piperidine rings is 2. The summed E-state index contributed by atoms with van der Waals surface area (Å²) in [4.78, 5) is 74.0. The molecule has 2 bridgehead atoms. The van der Waals surface area contributed by atoms with Gasteiger partial charge >= 0.3 is 12.1 Å². The Labute approximate surface area is 482 Å². The summed E-state index contributed by atoms with van der Waals surface area (Å²) in [5.74, 6) is 1.58. The highest BCUT2D eigenvalue weighted by atomic mass is 19.1. The summed E-state index contributed by atoms with van der Waals surface area (Å²) in [7, 11) is 1.50. The van der Waals surface area contributed by atoms with Gasteiger partial charge in [-0.3, -0.25) is 29.5 Å². The van der Waals surface area contributed by atoms with Gasteiger partial charge in [0.15, 0.2) is 12.6 Å². The lowest BCUT2D eigenvalue weighted by molar-refractivity contribution is -0.136. The van der Waals surface area contributed by atoms with Crippen molar-refractivity contribution in [3.05, 3.63) is 82.9 Å². The first-order valence-electron chi connectivity index (χ1n) is 29.7. The van der Waals surface area contributed by atoms with Gasteiger partial charge in [-0.2, -0.15) is 9.97 Å². The number of methoxy groups -OCH3 is 1. The SMILES string of the molecule is C#Cc1cccc2cc(OCOC)cc(-c3c(F)cc4c(N5CC6CCC(C5)N6C(=O)OC(C)(C)C)nc(OCC5(CN6CCC7(CC6)CC(CN6CCN(c8ccc9c(c8)CN([C@H]8CCC(=O)NC8=O)C9=O)CC6)C7)CC5)nc4c3F)c12. The van der Waals surface area contributed by atoms with Crippen LogP contribution in [-0.4, -0.2) is 163 Å². The number of piperazine rings is 2. The molecule has 436 valence electrons. The molecular formula is C64H73F2N9O8. The fourth-order valence-electron chi connectivity index (χ4n) is 14.7. The number of amides is 4. The van der Waals surface area contributed by atoms with Gasteiger partial charge in [0, 0.05) is 111 Å². The lowest BCUT2D eigenvalue weighted by atomic mass is 9.57. The molecule has 13 rings (SSSR count). The van der Waals surface area contributed by atoms with Crippen LogP contribution in [0.3, 0.4) is 0 Å². The number of fused-ring (bicyclic) bond motifs is 5. The van der Waals surface area contributed by atoms with Crippen molar-refractivity contribution >= 4 is 57.0 Å². The smallest absolute Gasteiger partial charge is 0.410 e. The molecule has 6 aliphatic heterocycles. The summed E-state index contributed by atoms with van der Waals surface area (Å²) >= 11 is 0. The van der Waals surface area contributed by atoms with Gasteiger partial charge in [0.05, 0.1) is 24.3 Å². The number of halogens is 2. The van der Waals surface area contributed by atoms with E-state index in [0.29, 0.717) is 77.5 Å². The number of terminal acetylenes is 1. The molecule has 1 spiro atoms. The van der Waals surface area contributed by atoms with Crippen molar-refractivity contribution < 1.29 is 46.9 Å². The van der Waals surface area contributed by atoms with Crippen LogP contribution < -0.4 is 24.6 Å². The molecular weight excluding hydrogens is 1060 g/mol. The highest BCUT2D eigenvalue weighted by Crippen LogP contribution is 2.54. The number of hydrogen-bond acceptors (Lipinski definition) is 14. The van der Waals surface area contributed by atoms with Gasteiger partial charge < -0.3 is 38.5 Å². The molecule has 5 saturated heterocycles. The summed E-state index contributed by atoms with van der Waals surface area (Å²) in [5, 5.41) is 3.73. The summed E-state index contributed by atoms with van der Waals surface area (Å²) in [6.45, 7) is 14.9. The van der Waals surface area contributed by atoms with Crippen molar-refractivity contribution in [3.8, 4) is 35.2 Å². The Bertz CT molecular complexity index is 3450. The van der Waals surface area contributed by atoms with Gasteiger partial charge in [-0.05, 0) is 156 Å². The number of hydrogen-bond donors (Lipinski definition) is 1. The zero-order valence-corrected chi connectivity index (χ0v) is 47.9. The van der Waals surface area contributed by atoms with E-state index in [1.54, 1.807) is 29.2 Å². The van der Waals surface area contributed by atoms with Gasteiger partial charge in [-0.1, -0.05) is 18.1 Å². The molecule has 2 unspecified atom stereocenters.